The van der Waals surface area contributed by atoms with Crippen molar-refractivity contribution in [2.24, 2.45) is 5.10 Å². The molecule has 33 heavy (non-hydrogen) atoms. The van der Waals surface area contributed by atoms with Crippen LogP contribution in [0.2, 0.25) is 0 Å². The molecule has 3 aromatic rings. The lowest BCUT2D eigenvalue weighted by Crippen LogP contribution is -2.27. The van der Waals surface area contributed by atoms with Crippen LogP contribution >= 0.6 is 34.4 Å². The number of aromatic nitrogens is 3. The van der Waals surface area contributed by atoms with E-state index in [-0.39, 0.29) is 5.91 Å². The molecule has 0 fully saturated rings. The number of halogens is 1. The number of hydrazone groups is 1. The number of allylic oxidation sites excluding steroid dienone is 1. The third-order valence-corrected chi connectivity index (χ3v) is 6.36. The third kappa shape index (κ3) is 7.32. The number of rotatable bonds is 11. The van der Waals surface area contributed by atoms with Gasteiger partial charge in [0.25, 0.3) is 5.91 Å². The van der Waals surface area contributed by atoms with Crippen molar-refractivity contribution in [3.05, 3.63) is 76.1 Å². The first-order chi connectivity index (χ1) is 16.0. The fourth-order valence-corrected chi connectivity index (χ4v) is 3.99. The van der Waals surface area contributed by atoms with Gasteiger partial charge in [0.05, 0.1) is 25.1 Å². The van der Waals surface area contributed by atoms with E-state index in [2.05, 4.69) is 55.2 Å². The number of carbonyl (C=O) groups is 1. The topological polar surface area (TPSA) is 93.4 Å². The molecular weight excluding hydrogens is 551 g/mol. The summed E-state index contributed by atoms with van der Waals surface area (Å²) in [7, 11) is 1.61. The molecule has 3 rings (SSSR count). The zero-order chi connectivity index (χ0) is 23.6. The van der Waals surface area contributed by atoms with E-state index in [9.17, 15) is 4.79 Å². The van der Waals surface area contributed by atoms with Gasteiger partial charge in [-0.3, -0.25) is 4.79 Å². The molecule has 1 amide bonds. The van der Waals surface area contributed by atoms with Gasteiger partial charge in [-0.05, 0) is 83.6 Å². The second-order valence-corrected chi connectivity index (χ2v) is 9.48. The summed E-state index contributed by atoms with van der Waals surface area (Å²) in [6, 6.07) is 15.5. The fourth-order valence-electron chi connectivity index (χ4n) is 2.76. The normalized spacial score (nSPS) is 11.8. The second-order valence-electron chi connectivity index (χ2n) is 6.93. The maximum atomic E-state index is 12.5. The molecule has 0 saturated carbocycles. The average molecular weight is 576 g/mol. The second kappa shape index (κ2) is 12.4. The Morgan fingerprint density at radius 1 is 1.24 bits per heavy atom. The van der Waals surface area contributed by atoms with Crippen molar-refractivity contribution in [1.82, 2.24) is 20.2 Å². The highest BCUT2D eigenvalue weighted by Gasteiger charge is 2.19. The van der Waals surface area contributed by atoms with E-state index < -0.39 is 5.25 Å². The van der Waals surface area contributed by atoms with Crippen LogP contribution in [-0.2, 0) is 17.9 Å². The highest BCUT2D eigenvalue weighted by Crippen LogP contribution is 2.23. The first kappa shape index (κ1) is 24.8. The van der Waals surface area contributed by atoms with Crippen LogP contribution in [0.15, 0.2) is 71.4 Å². The summed E-state index contributed by atoms with van der Waals surface area (Å²) < 4.78 is 8.25. The number of nitrogens with zero attached hydrogens (tertiary/aromatic N) is 4. The van der Waals surface area contributed by atoms with Crippen LogP contribution in [0.25, 0.3) is 0 Å². The van der Waals surface area contributed by atoms with Crippen LogP contribution in [0.4, 0.5) is 5.69 Å². The molecular formula is C23H25IN6O2S. The Morgan fingerprint density at radius 3 is 2.64 bits per heavy atom. The van der Waals surface area contributed by atoms with E-state index in [0.717, 1.165) is 22.8 Å². The van der Waals surface area contributed by atoms with Crippen molar-refractivity contribution in [2.45, 2.75) is 30.4 Å². The maximum absolute atomic E-state index is 12.5. The number of hydrogen-bond donors (Lipinski definition) is 2. The van der Waals surface area contributed by atoms with E-state index in [1.165, 1.54) is 15.3 Å². The summed E-state index contributed by atoms with van der Waals surface area (Å²) in [5, 5.41) is 16.2. The van der Waals surface area contributed by atoms with Gasteiger partial charge in [0.15, 0.2) is 11.0 Å². The van der Waals surface area contributed by atoms with E-state index >= 15 is 0 Å². The van der Waals surface area contributed by atoms with Gasteiger partial charge >= 0.3 is 0 Å². The zero-order valence-electron chi connectivity index (χ0n) is 18.4. The van der Waals surface area contributed by atoms with E-state index in [4.69, 9.17) is 4.74 Å². The van der Waals surface area contributed by atoms with Gasteiger partial charge in [0, 0.05) is 15.8 Å². The van der Waals surface area contributed by atoms with E-state index in [1.807, 2.05) is 53.1 Å². The van der Waals surface area contributed by atoms with Crippen molar-refractivity contribution in [2.75, 3.05) is 12.4 Å². The smallest absolute Gasteiger partial charge is 0.253 e. The first-order valence-corrected chi connectivity index (χ1v) is 12.1. The van der Waals surface area contributed by atoms with Crippen LogP contribution in [0.1, 0.15) is 18.3 Å². The van der Waals surface area contributed by atoms with Crippen LogP contribution in [0, 0.1) is 3.57 Å². The Kier molecular flexibility index (Phi) is 9.31. The van der Waals surface area contributed by atoms with Gasteiger partial charge in [-0.2, -0.15) is 5.10 Å². The lowest BCUT2D eigenvalue weighted by molar-refractivity contribution is -0.120. The number of nitrogens with one attached hydrogen (secondary N) is 2. The number of hydrogen-bond acceptors (Lipinski definition) is 7. The van der Waals surface area contributed by atoms with Gasteiger partial charge < -0.3 is 14.6 Å². The summed E-state index contributed by atoms with van der Waals surface area (Å²) in [5.41, 5.74) is 4.43. The van der Waals surface area contributed by atoms with Gasteiger partial charge in [0.2, 0.25) is 0 Å². The Bertz CT molecular complexity index is 1100. The molecule has 0 saturated heterocycles. The number of thioether (sulfide) groups is 1. The van der Waals surface area contributed by atoms with Gasteiger partial charge in [0.1, 0.15) is 5.75 Å². The van der Waals surface area contributed by atoms with Gasteiger partial charge in [-0.15, -0.1) is 16.8 Å². The van der Waals surface area contributed by atoms with Crippen LogP contribution < -0.4 is 15.5 Å². The molecule has 10 heteroatoms. The molecule has 1 atom stereocenters. The molecule has 0 aliphatic carbocycles. The standard InChI is InChI=1S/C23H25IN6O2S/c1-4-13-30-21(15-25-19-9-7-18(24)8-10-19)27-29-23(30)33-16(2)22(31)28-26-14-17-5-11-20(32-3)12-6-17/h4-12,14,16,25H,1,13,15H2,2-3H3,(H,28,31)/t16-/m0/s1. The Morgan fingerprint density at radius 2 is 1.97 bits per heavy atom. The highest BCUT2D eigenvalue weighted by atomic mass is 127. The summed E-state index contributed by atoms with van der Waals surface area (Å²) >= 11 is 3.60. The number of benzene rings is 2. The largest absolute Gasteiger partial charge is 0.497 e. The lowest BCUT2D eigenvalue weighted by Gasteiger charge is -2.12. The van der Waals surface area contributed by atoms with Crippen LogP contribution in [0.5, 0.6) is 5.75 Å². The monoisotopic (exact) mass is 576 g/mol. The minimum absolute atomic E-state index is 0.225. The molecule has 2 N–H and O–H groups in total. The third-order valence-electron chi connectivity index (χ3n) is 4.56. The van der Waals surface area contributed by atoms with E-state index in [1.54, 1.807) is 26.3 Å². The fraction of sp³-hybridized carbons (Fsp3) is 0.217. The molecule has 172 valence electrons. The SMILES string of the molecule is C=CCn1c(CNc2ccc(I)cc2)nnc1S[C@@H](C)C(=O)NN=Cc1ccc(OC)cc1. The van der Waals surface area contributed by atoms with Crippen LogP contribution in [-0.4, -0.2) is 39.2 Å². The van der Waals surface area contributed by atoms with E-state index in [0.29, 0.717) is 18.2 Å². The highest BCUT2D eigenvalue weighted by molar-refractivity contribution is 14.1. The molecule has 0 unspecified atom stereocenters. The molecule has 0 spiro atoms. The molecule has 0 bridgehead atoms. The first-order valence-electron chi connectivity index (χ1n) is 10.2. The van der Waals surface area contributed by atoms with Gasteiger partial charge in [-0.1, -0.05) is 17.8 Å². The molecule has 1 aromatic heterocycles. The Hall–Kier alpha value is -2.86. The van der Waals surface area contributed by atoms with Gasteiger partial charge in [-0.25, -0.2) is 5.43 Å². The maximum Gasteiger partial charge on any atom is 0.253 e. The summed E-state index contributed by atoms with van der Waals surface area (Å²) in [5.74, 6) is 1.30. The Balaban J connectivity index is 1.58. The molecule has 8 nitrogen and oxygen atoms in total. The summed E-state index contributed by atoms with van der Waals surface area (Å²) in [6.07, 6.45) is 3.37. The number of ether oxygens (including phenoxy) is 1. The summed E-state index contributed by atoms with van der Waals surface area (Å²) in [6.45, 7) is 6.69. The molecule has 0 aliphatic rings. The quantitative estimate of drug-likeness (QED) is 0.116. The van der Waals surface area contributed by atoms with Crippen molar-refractivity contribution in [3.8, 4) is 5.75 Å². The summed E-state index contributed by atoms with van der Waals surface area (Å²) in [4.78, 5) is 12.5. The molecule has 0 aliphatic heterocycles. The minimum Gasteiger partial charge on any atom is -0.497 e. The molecule has 1 heterocycles. The van der Waals surface area contributed by atoms with Crippen molar-refractivity contribution in [1.29, 1.82) is 0 Å². The zero-order valence-corrected chi connectivity index (χ0v) is 21.3. The minimum atomic E-state index is -0.414. The number of anilines is 1. The lowest BCUT2D eigenvalue weighted by atomic mass is 10.2. The Labute approximate surface area is 211 Å². The average Bonchev–Trinajstić information content (AvgIpc) is 3.20. The molecule has 0 radical (unpaired) electrons. The van der Waals surface area contributed by atoms with Crippen molar-refractivity contribution in [3.63, 3.8) is 0 Å². The van der Waals surface area contributed by atoms with Crippen molar-refractivity contribution < 1.29 is 9.53 Å². The predicted molar refractivity (Wildman–Crippen MR) is 141 cm³/mol. The predicted octanol–water partition coefficient (Wildman–Crippen LogP) is 4.32. The number of carbonyl (C=O) groups excluding carboxylic acids is 1. The van der Waals surface area contributed by atoms with Crippen molar-refractivity contribution >= 4 is 52.2 Å². The number of methoxy groups -OCH3 is 1. The number of amides is 1. The molecule has 2 aromatic carbocycles. The van der Waals surface area contributed by atoms with Crippen LogP contribution in [0.3, 0.4) is 0 Å².